The Hall–Kier alpha value is -4.30. The minimum Gasteiger partial charge on any atom is -0.294 e. The number of Topliss-reactive ketones (excluding diaryl/α,β-unsaturated/α-hetero) is 1. The lowest BCUT2D eigenvalue weighted by Gasteiger charge is -2.12. The molecule has 186 valence electrons. The van der Waals surface area contributed by atoms with E-state index in [1.54, 1.807) is 29.0 Å². The highest BCUT2D eigenvalue weighted by Crippen LogP contribution is 2.31. The van der Waals surface area contributed by atoms with Crippen LogP contribution in [0.4, 0.5) is 0 Å². The molecule has 0 aliphatic rings. The summed E-state index contributed by atoms with van der Waals surface area (Å²) in [6.07, 6.45) is 3.34. The van der Waals surface area contributed by atoms with E-state index < -0.39 is 0 Å². The molecule has 0 atom stereocenters. The number of carbonyl (C=O) groups excluding carboxylic acids is 1. The highest BCUT2D eigenvalue weighted by Gasteiger charge is 2.20. The molecule has 3 aromatic carbocycles. The molecule has 1 N–H and O–H groups in total. The number of hydrogen-bond donors (Lipinski definition) is 1. The summed E-state index contributed by atoms with van der Waals surface area (Å²) in [6, 6.07) is 21.1. The molecule has 5 rings (SSSR count). The van der Waals surface area contributed by atoms with Gasteiger partial charge >= 0.3 is 5.69 Å². The van der Waals surface area contributed by atoms with Gasteiger partial charge in [0.2, 0.25) is 5.82 Å². The molecule has 0 saturated carbocycles. The Morgan fingerprint density at radius 1 is 1.03 bits per heavy atom. The van der Waals surface area contributed by atoms with Crippen molar-refractivity contribution in [2.45, 2.75) is 33.2 Å². The SMILES string of the molecule is CCCc1cn(-c2c(Cl)cccc2C(C)=O)c(=O)n1Cc1ccc(-c2ccccc2)c(-c2nn[nH]n2)c1. The Balaban J connectivity index is 1.62. The molecule has 2 heterocycles. The van der Waals surface area contributed by atoms with Crippen LogP contribution in [0, 0.1) is 0 Å². The second kappa shape index (κ2) is 10.4. The lowest BCUT2D eigenvalue weighted by atomic mass is 9.97. The highest BCUT2D eigenvalue weighted by molar-refractivity contribution is 6.33. The van der Waals surface area contributed by atoms with Crippen LogP contribution in [0.1, 0.15) is 41.9 Å². The molecule has 0 saturated heterocycles. The molecule has 9 heteroatoms. The number of aryl methyl sites for hydroxylation is 1. The maximum atomic E-state index is 13.7. The van der Waals surface area contributed by atoms with Crippen LogP contribution in [0.5, 0.6) is 0 Å². The number of H-pyrrole nitrogens is 1. The fraction of sp³-hybridized carbons (Fsp3) is 0.179. The number of hydrogen-bond acceptors (Lipinski definition) is 5. The minimum absolute atomic E-state index is 0.157. The Bertz CT molecular complexity index is 1620. The summed E-state index contributed by atoms with van der Waals surface area (Å²) in [5.41, 5.74) is 5.12. The van der Waals surface area contributed by atoms with Crippen LogP contribution >= 0.6 is 11.6 Å². The van der Waals surface area contributed by atoms with Gasteiger partial charge in [-0.1, -0.05) is 73.5 Å². The molecule has 2 aromatic heterocycles. The van der Waals surface area contributed by atoms with E-state index in [4.69, 9.17) is 11.6 Å². The van der Waals surface area contributed by atoms with Gasteiger partial charge in [0, 0.05) is 23.0 Å². The Morgan fingerprint density at radius 2 is 1.84 bits per heavy atom. The van der Waals surface area contributed by atoms with Crippen LogP contribution in [0.15, 0.2) is 77.7 Å². The highest BCUT2D eigenvalue weighted by atomic mass is 35.5. The van der Waals surface area contributed by atoms with Crippen LogP contribution in [-0.4, -0.2) is 35.5 Å². The maximum Gasteiger partial charge on any atom is 0.333 e. The molecular weight excluding hydrogens is 488 g/mol. The zero-order valence-corrected chi connectivity index (χ0v) is 21.2. The van der Waals surface area contributed by atoms with Gasteiger partial charge in [0.25, 0.3) is 0 Å². The summed E-state index contributed by atoms with van der Waals surface area (Å²) in [7, 11) is 0. The molecule has 0 radical (unpaired) electrons. The predicted octanol–water partition coefficient (Wildman–Crippen LogP) is 5.34. The van der Waals surface area contributed by atoms with Crippen LogP contribution < -0.4 is 5.69 Å². The zero-order chi connectivity index (χ0) is 25.9. The lowest BCUT2D eigenvalue weighted by Crippen LogP contribution is -2.26. The van der Waals surface area contributed by atoms with Gasteiger partial charge < -0.3 is 0 Å². The summed E-state index contributed by atoms with van der Waals surface area (Å²) in [4.78, 5) is 26.0. The van der Waals surface area contributed by atoms with Crippen molar-refractivity contribution >= 4 is 17.4 Å². The van der Waals surface area contributed by atoms with Gasteiger partial charge in [-0.2, -0.15) is 5.21 Å². The molecule has 37 heavy (non-hydrogen) atoms. The Morgan fingerprint density at radius 3 is 2.54 bits per heavy atom. The first-order valence-corrected chi connectivity index (χ1v) is 12.4. The van der Waals surface area contributed by atoms with Gasteiger partial charge in [0.05, 0.1) is 17.3 Å². The first-order chi connectivity index (χ1) is 18.0. The Labute approximate surface area is 218 Å². The molecule has 0 bridgehead atoms. The fourth-order valence-corrected chi connectivity index (χ4v) is 4.82. The molecule has 0 unspecified atom stereocenters. The van der Waals surface area contributed by atoms with Crippen molar-refractivity contribution in [3.8, 4) is 28.2 Å². The van der Waals surface area contributed by atoms with Crippen LogP contribution in [0.3, 0.4) is 0 Å². The third kappa shape index (κ3) is 4.75. The fourth-order valence-electron chi connectivity index (χ4n) is 4.56. The van der Waals surface area contributed by atoms with Gasteiger partial charge in [0.15, 0.2) is 5.78 Å². The van der Waals surface area contributed by atoms with Crippen molar-refractivity contribution in [3.05, 3.63) is 105 Å². The molecular formula is C28H25ClN6O2. The second-order valence-electron chi connectivity index (χ2n) is 8.78. The third-order valence-electron chi connectivity index (χ3n) is 6.27. The number of ketones is 1. The molecule has 8 nitrogen and oxygen atoms in total. The number of tetrazole rings is 1. The number of para-hydroxylation sites is 1. The third-order valence-corrected chi connectivity index (χ3v) is 6.58. The number of imidazole rings is 1. The largest absolute Gasteiger partial charge is 0.333 e. The van der Waals surface area contributed by atoms with Gasteiger partial charge in [-0.05, 0) is 53.4 Å². The summed E-state index contributed by atoms with van der Waals surface area (Å²) in [5, 5.41) is 15.0. The van der Waals surface area contributed by atoms with E-state index >= 15 is 0 Å². The van der Waals surface area contributed by atoms with E-state index in [-0.39, 0.29) is 11.5 Å². The number of nitrogens with one attached hydrogen (secondary N) is 1. The predicted molar refractivity (Wildman–Crippen MR) is 143 cm³/mol. The topological polar surface area (TPSA) is 98.5 Å². The molecule has 0 fully saturated rings. The first kappa shape index (κ1) is 24.4. The average Bonchev–Trinajstić information content (AvgIpc) is 3.54. The van der Waals surface area contributed by atoms with E-state index in [9.17, 15) is 9.59 Å². The van der Waals surface area contributed by atoms with Crippen molar-refractivity contribution in [2.24, 2.45) is 0 Å². The molecule has 0 amide bonds. The summed E-state index contributed by atoms with van der Waals surface area (Å²) >= 11 is 6.49. The molecule has 0 aliphatic carbocycles. The van der Waals surface area contributed by atoms with Crippen LogP contribution in [0.2, 0.25) is 5.02 Å². The van der Waals surface area contributed by atoms with Crippen molar-refractivity contribution in [2.75, 3.05) is 0 Å². The van der Waals surface area contributed by atoms with Gasteiger partial charge in [0.1, 0.15) is 0 Å². The van der Waals surface area contributed by atoms with Crippen LogP contribution in [-0.2, 0) is 13.0 Å². The number of carbonyl (C=O) groups is 1. The van der Waals surface area contributed by atoms with E-state index in [1.807, 2.05) is 48.5 Å². The van der Waals surface area contributed by atoms with Crippen molar-refractivity contribution in [3.63, 3.8) is 0 Å². The van der Waals surface area contributed by atoms with Gasteiger partial charge in [-0.3, -0.25) is 13.9 Å². The number of rotatable bonds is 8. The normalized spacial score (nSPS) is 11.1. The number of halogens is 1. The number of aromatic amines is 1. The molecule has 0 spiro atoms. The summed E-state index contributed by atoms with van der Waals surface area (Å²) in [6.45, 7) is 3.87. The van der Waals surface area contributed by atoms with E-state index in [1.165, 1.54) is 11.5 Å². The zero-order valence-electron chi connectivity index (χ0n) is 20.5. The van der Waals surface area contributed by atoms with E-state index in [2.05, 4.69) is 27.5 Å². The van der Waals surface area contributed by atoms with Crippen molar-refractivity contribution < 1.29 is 4.79 Å². The number of benzene rings is 3. The summed E-state index contributed by atoms with van der Waals surface area (Å²) in [5.74, 6) is 0.317. The van der Waals surface area contributed by atoms with Crippen molar-refractivity contribution in [1.29, 1.82) is 0 Å². The maximum absolute atomic E-state index is 13.7. The quantitative estimate of drug-likeness (QED) is 0.283. The number of nitrogens with zero attached hydrogens (tertiary/aromatic N) is 5. The first-order valence-electron chi connectivity index (χ1n) is 12.0. The minimum atomic E-state index is -0.257. The van der Waals surface area contributed by atoms with E-state index in [0.717, 1.165) is 34.4 Å². The summed E-state index contributed by atoms with van der Waals surface area (Å²) < 4.78 is 3.22. The van der Waals surface area contributed by atoms with Gasteiger partial charge in [-0.25, -0.2) is 4.79 Å². The average molecular weight is 513 g/mol. The molecule has 0 aliphatic heterocycles. The second-order valence-corrected chi connectivity index (χ2v) is 9.19. The Kier molecular flexibility index (Phi) is 6.83. The monoisotopic (exact) mass is 512 g/mol. The number of aromatic nitrogens is 6. The molecule has 5 aromatic rings. The van der Waals surface area contributed by atoms with E-state index in [0.29, 0.717) is 35.1 Å². The van der Waals surface area contributed by atoms with Crippen molar-refractivity contribution in [1.82, 2.24) is 29.8 Å². The van der Waals surface area contributed by atoms with Gasteiger partial charge in [-0.15, -0.1) is 10.2 Å². The lowest BCUT2D eigenvalue weighted by molar-refractivity contribution is 0.101. The smallest absolute Gasteiger partial charge is 0.294 e. The van der Waals surface area contributed by atoms with Crippen LogP contribution in [0.25, 0.3) is 28.2 Å². The standard InChI is InChI=1S/C28H25ClN6O2/c1-3-8-21-17-35(26-22(18(2)36)11-7-12-25(26)29)28(37)34(21)16-19-13-14-23(20-9-5-4-6-10-20)24(15-19)27-30-32-33-31-27/h4-7,9-15,17H,3,8,16H2,1-2H3,(H,30,31,32,33).